The van der Waals surface area contributed by atoms with Crippen molar-refractivity contribution in [2.75, 3.05) is 13.1 Å². The van der Waals surface area contributed by atoms with Crippen LogP contribution in [0, 0.1) is 6.92 Å². The zero-order valence-electron chi connectivity index (χ0n) is 15.2. The Kier molecular flexibility index (Phi) is 5.65. The van der Waals surface area contributed by atoms with Crippen LogP contribution in [-0.4, -0.2) is 46.0 Å². The van der Waals surface area contributed by atoms with Gasteiger partial charge >= 0.3 is 0 Å². The molecule has 0 spiro atoms. The molecule has 1 N–H and O–H groups in total. The quantitative estimate of drug-likeness (QED) is 0.856. The molecule has 0 radical (unpaired) electrons. The highest BCUT2D eigenvalue weighted by atomic mass is 16.4. The summed E-state index contributed by atoms with van der Waals surface area (Å²) in [6.45, 7) is 5.30. The molecule has 2 amide bonds. The molecule has 1 aromatic heterocycles. The van der Waals surface area contributed by atoms with Gasteiger partial charge in [-0.1, -0.05) is 17.7 Å². The van der Waals surface area contributed by atoms with Gasteiger partial charge < -0.3 is 14.6 Å². The minimum Gasteiger partial charge on any atom is -0.421 e. The molecule has 0 saturated carbocycles. The Hall–Kier alpha value is -2.70. The minimum atomic E-state index is -0.508. The van der Waals surface area contributed by atoms with Gasteiger partial charge in [-0.2, -0.15) is 0 Å². The molecule has 1 saturated heterocycles. The van der Waals surface area contributed by atoms with Crippen molar-refractivity contribution in [1.29, 1.82) is 0 Å². The number of aromatic nitrogens is 2. The third-order valence-corrected chi connectivity index (χ3v) is 4.50. The summed E-state index contributed by atoms with van der Waals surface area (Å²) < 4.78 is 5.62. The van der Waals surface area contributed by atoms with E-state index in [0.29, 0.717) is 18.2 Å². The lowest BCUT2D eigenvalue weighted by atomic mass is 10.1. The van der Waals surface area contributed by atoms with Crippen LogP contribution in [0.3, 0.4) is 0 Å². The molecule has 1 aliphatic rings. The average molecular weight is 356 g/mol. The maximum Gasteiger partial charge on any atom is 0.247 e. The summed E-state index contributed by atoms with van der Waals surface area (Å²) >= 11 is 0. The van der Waals surface area contributed by atoms with Crippen LogP contribution in [0.1, 0.15) is 37.6 Å². The van der Waals surface area contributed by atoms with Gasteiger partial charge in [0, 0.05) is 31.5 Å². The third kappa shape index (κ3) is 4.47. The number of nitrogens with one attached hydrogen (secondary N) is 1. The van der Waals surface area contributed by atoms with Crippen molar-refractivity contribution in [3.63, 3.8) is 0 Å². The Morgan fingerprint density at radius 1 is 1.19 bits per heavy atom. The molecule has 1 unspecified atom stereocenters. The van der Waals surface area contributed by atoms with E-state index in [4.69, 9.17) is 4.42 Å². The van der Waals surface area contributed by atoms with Crippen LogP contribution in [-0.2, 0) is 16.0 Å². The van der Waals surface area contributed by atoms with Gasteiger partial charge in [0.15, 0.2) is 0 Å². The summed E-state index contributed by atoms with van der Waals surface area (Å²) in [6.07, 6.45) is 2.61. The highest BCUT2D eigenvalue weighted by molar-refractivity contribution is 5.87. The van der Waals surface area contributed by atoms with Gasteiger partial charge in [-0.05, 0) is 38.8 Å². The summed E-state index contributed by atoms with van der Waals surface area (Å²) in [5, 5.41) is 10.8. The van der Waals surface area contributed by atoms with Crippen molar-refractivity contribution in [3.05, 3.63) is 35.7 Å². The van der Waals surface area contributed by atoms with Crippen molar-refractivity contribution in [1.82, 2.24) is 20.4 Å². The molecule has 3 rings (SSSR count). The zero-order chi connectivity index (χ0) is 18.5. The number of carbonyl (C=O) groups is 2. The lowest BCUT2D eigenvalue weighted by Gasteiger charge is -2.21. The number of benzene rings is 1. The average Bonchev–Trinajstić information content (AvgIpc) is 3.32. The van der Waals surface area contributed by atoms with Crippen LogP contribution in [0.25, 0.3) is 11.5 Å². The number of likely N-dealkylation sites (tertiary alicyclic amines) is 1. The van der Waals surface area contributed by atoms with Gasteiger partial charge in [0.25, 0.3) is 0 Å². The highest BCUT2D eigenvalue weighted by Gasteiger charge is 2.24. The highest BCUT2D eigenvalue weighted by Crippen LogP contribution is 2.18. The van der Waals surface area contributed by atoms with E-state index in [9.17, 15) is 9.59 Å². The van der Waals surface area contributed by atoms with Crippen LogP contribution >= 0.6 is 0 Å². The number of amides is 2. The van der Waals surface area contributed by atoms with Gasteiger partial charge in [0.2, 0.25) is 23.6 Å². The fraction of sp³-hybridized carbons (Fsp3) is 0.474. The molecule has 2 heterocycles. The van der Waals surface area contributed by atoms with Crippen molar-refractivity contribution in [3.8, 4) is 11.5 Å². The Labute approximate surface area is 152 Å². The second-order valence-electron chi connectivity index (χ2n) is 6.69. The van der Waals surface area contributed by atoms with Crippen molar-refractivity contribution in [2.24, 2.45) is 0 Å². The number of hydrogen-bond donors (Lipinski definition) is 1. The van der Waals surface area contributed by atoms with E-state index in [-0.39, 0.29) is 18.2 Å². The van der Waals surface area contributed by atoms with Gasteiger partial charge in [-0.15, -0.1) is 10.2 Å². The van der Waals surface area contributed by atoms with Gasteiger partial charge in [0.1, 0.15) is 6.04 Å². The minimum absolute atomic E-state index is 0.0182. The maximum absolute atomic E-state index is 12.2. The molecule has 0 bridgehead atoms. The van der Waals surface area contributed by atoms with Crippen molar-refractivity contribution in [2.45, 2.75) is 45.6 Å². The normalized spacial score (nSPS) is 15.1. The molecule has 138 valence electrons. The molecule has 2 aromatic rings. The van der Waals surface area contributed by atoms with E-state index in [1.807, 2.05) is 31.2 Å². The number of hydrogen-bond acceptors (Lipinski definition) is 5. The number of nitrogens with zero attached hydrogens (tertiary/aromatic N) is 3. The van der Waals surface area contributed by atoms with Crippen LogP contribution in [0.4, 0.5) is 0 Å². The SMILES string of the molecule is Cc1ccc(-c2nnc(CCC(=O)NC(C)C(=O)N3CCCC3)o2)cc1. The summed E-state index contributed by atoms with van der Waals surface area (Å²) in [7, 11) is 0. The molecule has 1 fully saturated rings. The summed E-state index contributed by atoms with van der Waals surface area (Å²) in [5.41, 5.74) is 2.01. The maximum atomic E-state index is 12.2. The van der Waals surface area contributed by atoms with Crippen LogP contribution in [0.2, 0.25) is 0 Å². The molecule has 1 aliphatic heterocycles. The number of aryl methyl sites for hydroxylation is 2. The number of rotatable bonds is 6. The topological polar surface area (TPSA) is 88.3 Å². The molecular formula is C19H24N4O3. The predicted octanol–water partition coefficient (Wildman–Crippen LogP) is 2.10. The van der Waals surface area contributed by atoms with E-state index in [0.717, 1.165) is 37.1 Å². The molecular weight excluding hydrogens is 332 g/mol. The number of carbonyl (C=O) groups excluding carboxylic acids is 2. The first kappa shape index (κ1) is 18.1. The Bertz CT molecular complexity index is 763. The second kappa shape index (κ2) is 8.12. The largest absolute Gasteiger partial charge is 0.421 e. The van der Waals surface area contributed by atoms with Crippen LogP contribution in [0.15, 0.2) is 28.7 Å². The van der Waals surface area contributed by atoms with Crippen LogP contribution in [0.5, 0.6) is 0 Å². The summed E-state index contributed by atoms with van der Waals surface area (Å²) in [4.78, 5) is 26.1. The van der Waals surface area contributed by atoms with Gasteiger partial charge in [-0.3, -0.25) is 9.59 Å². The molecule has 1 atom stereocenters. The van der Waals surface area contributed by atoms with Gasteiger partial charge in [-0.25, -0.2) is 0 Å². The fourth-order valence-corrected chi connectivity index (χ4v) is 2.97. The second-order valence-corrected chi connectivity index (χ2v) is 6.69. The fourth-order valence-electron chi connectivity index (χ4n) is 2.97. The first-order valence-electron chi connectivity index (χ1n) is 9.00. The van der Waals surface area contributed by atoms with E-state index >= 15 is 0 Å². The Morgan fingerprint density at radius 3 is 2.58 bits per heavy atom. The lowest BCUT2D eigenvalue weighted by molar-refractivity contribution is -0.135. The Balaban J connectivity index is 1.48. The molecule has 26 heavy (non-hydrogen) atoms. The van der Waals surface area contributed by atoms with Gasteiger partial charge in [0.05, 0.1) is 0 Å². The first-order valence-corrected chi connectivity index (χ1v) is 9.00. The van der Waals surface area contributed by atoms with Crippen molar-refractivity contribution < 1.29 is 14.0 Å². The van der Waals surface area contributed by atoms with Crippen molar-refractivity contribution >= 4 is 11.8 Å². The predicted molar refractivity (Wildman–Crippen MR) is 96.2 cm³/mol. The molecule has 0 aliphatic carbocycles. The summed E-state index contributed by atoms with van der Waals surface area (Å²) in [5.74, 6) is 0.641. The van der Waals surface area contributed by atoms with E-state index < -0.39 is 6.04 Å². The lowest BCUT2D eigenvalue weighted by Crippen LogP contribution is -2.46. The van der Waals surface area contributed by atoms with E-state index in [1.54, 1.807) is 11.8 Å². The molecule has 7 nitrogen and oxygen atoms in total. The standard InChI is InChI=1S/C19H24N4O3/c1-13-5-7-15(8-6-13)18-22-21-17(26-18)10-9-16(24)20-14(2)19(25)23-11-3-4-12-23/h5-8,14H,3-4,9-12H2,1-2H3,(H,20,24). The molecule has 7 heteroatoms. The first-order chi connectivity index (χ1) is 12.5. The summed E-state index contributed by atoms with van der Waals surface area (Å²) in [6, 6.07) is 7.29. The molecule has 1 aromatic carbocycles. The van der Waals surface area contributed by atoms with E-state index in [2.05, 4.69) is 15.5 Å². The Morgan fingerprint density at radius 2 is 1.88 bits per heavy atom. The smallest absolute Gasteiger partial charge is 0.247 e. The van der Waals surface area contributed by atoms with Crippen LogP contribution < -0.4 is 5.32 Å². The monoisotopic (exact) mass is 356 g/mol. The van der Waals surface area contributed by atoms with E-state index in [1.165, 1.54) is 0 Å². The third-order valence-electron chi connectivity index (χ3n) is 4.50. The zero-order valence-corrected chi connectivity index (χ0v) is 15.2.